The maximum atomic E-state index is 13.9. The van der Waals surface area contributed by atoms with Crippen LogP contribution in [0.25, 0.3) is 0 Å². The highest BCUT2D eigenvalue weighted by Gasteiger charge is 2.40. The molecule has 3 N–H and O–H groups in total. The van der Waals surface area contributed by atoms with Gasteiger partial charge in [-0.25, -0.2) is 8.78 Å². The highest BCUT2D eigenvalue weighted by Crippen LogP contribution is 2.21. The summed E-state index contributed by atoms with van der Waals surface area (Å²) in [6.45, 7) is 5.35. The molecule has 2 aliphatic heterocycles. The molecule has 0 saturated carbocycles. The predicted octanol–water partition coefficient (Wildman–Crippen LogP) is 1.39. The number of aliphatic hydroxyl groups is 1. The number of halogens is 2. The zero-order chi connectivity index (χ0) is 27.2. The van der Waals surface area contributed by atoms with E-state index in [-0.39, 0.29) is 36.8 Å². The van der Waals surface area contributed by atoms with Gasteiger partial charge in [-0.15, -0.1) is 6.58 Å². The van der Waals surface area contributed by atoms with E-state index in [1.54, 1.807) is 11.0 Å². The molecule has 202 valence electrons. The Labute approximate surface area is 220 Å². The SMILES string of the molecule is C=CCN1C[C@@H](C(=O)N[C@@H](Cc2cc(F)cc(F)c2)[C@H](O)[C@@H]2NCCN(Cc3ccccc3)C2=O)CC1=O. The van der Waals surface area contributed by atoms with E-state index in [4.69, 9.17) is 0 Å². The maximum absolute atomic E-state index is 13.9. The second kappa shape index (κ2) is 12.3. The van der Waals surface area contributed by atoms with Crippen LogP contribution in [0.15, 0.2) is 61.2 Å². The van der Waals surface area contributed by atoms with Crippen molar-refractivity contribution < 1.29 is 28.3 Å². The van der Waals surface area contributed by atoms with Gasteiger partial charge in [0, 0.05) is 45.2 Å². The van der Waals surface area contributed by atoms with Gasteiger partial charge in [0.15, 0.2) is 0 Å². The average molecular weight is 527 g/mol. The fourth-order valence-electron chi connectivity index (χ4n) is 5.03. The molecule has 0 radical (unpaired) electrons. The van der Waals surface area contributed by atoms with Gasteiger partial charge in [-0.3, -0.25) is 14.4 Å². The number of nitrogens with zero attached hydrogens (tertiary/aromatic N) is 2. The zero-order valence-electron chi connectivity index (χ0n) is 21.0. The number of aliphatic hydroxyl groups excluding tert-OH is 1. The zero-order valence-corrected chi connectivity index (χ0v) is 21.0. The minimum Gasteiger partial charge on any atom is -0.389 e. The molecule has 2 aromatic carbocycles. The second-order valence-corrected chi connectivity index (χ2v) is 9.75. The van der Waals surface area contributed by atoms with Crippen LogP contribution >= 0.6 is 0 Å². The number of nitrogens with one attached hydrogen (secondary N) is 2. The summed E-state index contributed by atoms with van der Waals surface area (Å²) < 4.78 is 27.8. The van der Waals surface area contributed by atoms with Crippen molar-refractivity contribution in [1.29, 1.82) is 0 Å². The summed E-state index contributed by atoms with van der Waals surface area (Å²) in [6, 6.07) is 10.3. The van der Waals surface area contributed by atoms with Crippen LogP contribution in [0.2, 0.25) is 0 Å². The smallest absolute Gasteiger partial charge is 0.242 e. The quantitative estimate of drug-likeness (QED) is 0.406. The van der Waals surface area contributed by atoms with E-state index in [1.807, 2.05) is 30.3 Å². The molecule has 0 bridgehead atoms. The Bertz CT molecular complexity index is 1160. The third-order valence-electron chi connectivity index (χ3n) is 6.93. The molecule has 2 aliphatic rings. The number of likely N-dealkylation sites (tertiary alicyclic amines) is 1. The van der Waals surface area contributed by atoms with Crippen molar-refractivity contribution in [2.75, 3.05) is 26.2 Å². The first-order valence-corrected chi connectivity index (χ1v) is 12.6. The lowest BCUT2D eigenvalue weighted by Gasteiger charge is -2.38. The van der Waals surface area contributed by atoms with Gasteiger partial charge in [-0.05, 0) is 29.7 Å². The Morgan fingerprint density at radius 3 is 2.53 bits per heavy atom. The lowest BCUT2D eigenvalue weighted by Crippen LogP contribution is -2.64. The standard InChI is InChI=1S/C28H32F2N4O4/c1-2-9-33-17-20(14-24(33)35)27(37)32-23(13-19-11-21(29)15-22(30)12-19)26(36)25-28(38)34(10-8-31-25)16-18-6-4-3-5-7-18/h2-7,11-12,15,20,23,25-26,31,36H,1,8-10,13-14,16-17H2,(H,32,37)/t20-,23-,25-,26-/m0/s1. The number of hydrogen-bond donors (Lipinski definition) is 3. The molecule has 10 heteroatoms. The van der Waals surface area contributed by atoms with Crippen LogP contribution in [-0.2, 0) is 27.3 Å². The van der Waals surface area contributed by atoms with Gasteiger partial charge in [0.2, 0.25) is 17.7 Å². The molecule has 0 aliphatic carbocycles. The highest BCUT2D eigenvalue weighted by atomic mass is 19.1. The Kier molecular flexibility index (Phi) is 8.85. The summed E-state index contributed by atoms with van der Waals surface area (Å²) in [7, 11) is 0. The number of rotatable bonds is 10. The van der Waals surface area contributed by atoms with Crippen molar-refractivity contribution in [1.82, 2.24) is 20.4 Å². The lowest BCUT2D eigenvalue weighted by molar-refractivity contribution is -0.141. The number of hydrogen-bond acceptors (Lipinski definition) is 5. The Hall–Kier alpha value is -3.63. The topological polar surface area (TPSA) is 102 Å². The second-order valence-electron chi connectivity index (χ2n) is 9.75. The first-order chi connectivity index (χ1) is 18.2. The fraction of sp³-hybridized carbons (Fsp3) is 0.393. The van der Waals surface area contributed by atoms with E-state index in [0.29, 0.717) is 26.2 Å². The molecule has 4 atom stereocenters. The van der Waals surface area contributed by atoms with Crippen molar-refractivity contribution in [3.05, 3.63) is 83.9 Å². The Morgan fingerprint density at radius 1 is 1.13 bits per heavy atom. The number of piperazine rings is 1. The molecule has 2 heterocycles. The molecule has 0 unspecified atom stereocenters. The molecule has 2 fully saturated rings. The summed E-state index contributed by atoms with van der Waals surface area (Å²) >= 11 is 0. The first-order valence-electron chi connectivity index (χ1n) is 12.6. The lowest BCUT2D eigenvalue weighted by atomic mass is 9.93. The van der Waals surface area contributed by atoms with Crippen molar-refractivity contribution in [2.45, 2.75) is 37.6 Å². The van der Waals surface area contributed by atoms with Gasteiger partial charge in [0.1, 0.15) is 17.7 Å². The molecule has 0 spiro atoms. The van der Waals surface area contributed by atoms with Gasteiger partial charge < -0.3 is 25.5 Å². The van der Waals surface area contributed by atoms with Crippen molar-refractivity contribution >= 4 is 17.7 Å². The van der Waals surface area contributed by atoms with Crippen LogP contribution in [-0.4, -0.2) is 77.0 Å². The van der Waals surface area contributed by atoms with Crippen LogP contribution in [0.4, 0.5) is 8.78 Å². The predicted molar refractivity (Wildman–Crippen MR) is 137 cm³/mol. The third kappa shape index (κ3) is 6.62. The first kappa shape index (κ1) is 27.4. The van der Waals surface area contributed by atoms with E-state index in [2.05, 4.69) is 17.2 Å². The largest absolute Gasteiger partial charge is 0.389 e. The van der Waals surface area contributed by atoms with E-state index < -0.39 is 41.6 Å². The maximum Gasteiger partial charge on any atom is 0.242 e. The van der Waals surface area contributed by atoms with Gasteiger partial charge in [0.05, 0.1) is 18.1 Å². The summed E-state index contributed by atoms with van der Waals surface area (Å²) in [6.07, 6.45) is 0.0496. The van der Waals surface area contributed by atoms with Crippen molar-refractivity contribution in [3.8, 4) is 0 Å². The minimum atomic E-state index is -1.40. The molecule has 2 aromatic rings. The van der Waals surface area contributed by atoms with E-state index in [0.717, 1.165) is 23.8 Å². The molecule has 8 nitrogen and oxygen atoms in total. The monoisotopic (exact) mass is 526 g/mol. The van der Waals surface area contributed by atoms with Crippen LogP contribution < -0.4 is 10.6 Å². The van der Waals surface area contributed by atoms with E-state index in [1.165, 1.54) is 4.90 Å². The normalized spacial score (nSPS) is 21.3. The van der Waals surface area contributed by atoms with Gasteiger partial charge in [-0.2, -0.15) is 0 Å². The summed E-state index contributed by atoms with van der Waals surface area (Å²) in [5.41, 5.74) is 1.15. The van der Waals surface area contributed by atoms with Gasteiger partial charge in [-0.1, -0.05) is 36.4 Å². The Balaban J connectivity index is 1.52. The van der Waals surface area contributed by atoms with Crippen LogP contribution in [0.5, 0.6) is 0 Å². The van der Waals surface area contributed by atoms with Crippen LogP contribution in [0.3, 0.4) is 0 Å². The third-order valence-corrected chi connectivity index (χ3v) is 6.93. The van der Waals surface area contributed by atoms with E-state index >= 15 is 0 Å². The molecular weight excluding hydrogens is 494 g/mol. The van der Waals surface area contributed by atoms with Crippen LogP contribution in [0, 0.1) is 17.6 Å². The minimum absolute atomic E-state index is 0.00252. The Morgan fingerprint density at radius 2 is 1.84 bits per heavy atom. The highest BCUT2D eigenvalue weighted by molar-refractivity contribution is 5.89. The molecule has 3 amide bonds. The summed E-state index contributed by atoms with van der Waals surface area (Å²) in [5.74, 6) is -3.24. The number of benzene rings is 2. The number of amides is 3. The fourth-order valence-corrected chi connectivity index (χ4v) is 5.03. The van der Waals surface area contributed by atoms with Gasteiger partial charge >= 0.3 is 0 Å². The van der Waals surface area contributed by atoms with Crippen molar-refractivity contribution in [3.63, 3.8) is 0 Å². The van der Waals surface area contributed by atoms with Crippen LogP contribution in [0.1, 0.15) is 17.5 Å². The number of carbonyl (C=O) groups excluding carboxylic acids is 3. The molecule has 0 aromatic heterocycles. The molecular formula is C28H32F2N4O4. The summed E-state index contributed by atoms with van der Waals surface area (Å²) in [5, 5.41) is 17.2. The molecule has 2 saturated heterocycles. The van der Waals surface area contributed by atoms with Gasteiger partial charge in [0.25, 0.3) is 0 Å². The number of carbonyl (C=O) groups is 3. The molecule has 4 rings (SSSR count). The summed E-state index contributed by atoms with van der Waals surface area (Å²) in [4.78, 5) is 41.9. The average Bonchev–Trinajstić information content (AvgIpc) is 3.25. The van der Waals surface area contributed by atoms with E-state index in [9.17, 15) is 28.3 Å². The van der Waals surface area contributed by atoms with Crippen molar-refractivity contribution in [2.24, 2.45) is 5.92 Å². The molecule has 38 heavy (non-hydrogen) atoms.